The van der Waals surface area contributed by atoms with Gasteiger partial charge in [-0.1, -0.05) is 37.1 Å². The summed E-state index contributed by atoms with van der Waals surface area (Å²) in [4.78, 5) is 20.3. The molecule has 11 rings (SSSR count). The number of terminal acetylenes is 1. The van der Waals surface area contributed by atoms with Crippen molar-refractivity contribution in [3.63, 3.8) is 0 Å². The summed E-state index contributed by atoms with van der Waals surface area (Å²) in [5.74, 6) is 2.42. The number of nitrogens with zero attached hydrogens (tertiary/aromatic N) is 5. The summed E-state index contributed by atoms with van der Waals surface area (Å²) in [5.41, 5.74) is 2.61. The van der Waals surface area contributed by atoms with Crippen molar-refractivity contribution in [1.29, 1.82) is 0 Å². The fourth-order valence-corrected chi connectivity index (χ4v) is 11.1. The lowest BCUT2D eigenvalue weighted by molar-refractivity contribution is 0.107. The van der Waals surface area contributed by atoms with Crippen LogP contribution in [0.3, 0.4) is 0 Å². The van der Waals surface area contributed by atoms with Gasteiger partial charge in [0.2, 0.25) is 0 Å². The van der Waals surface area contributed by atoms with E-state index in [4.69, 9.17) is 26.1 Å². The smallest absolute Gasteiger partial charge is 0.319 e. The van der Waals surface area contributed by atoms with E-state index >= 15 is 8.78 Å². The van der Waals surface area contributed by atoms with E-state index in [0.29, 0.717) is 52.3 Å². The minimum absolute atomic E-state index is 0.00357. The number of benzene rings is 2. The molecule has 7 nitrogen and oxygen atoms in total. The number of aromatic nitrogens is 3. The van der Waals surface area contributed by atoms with E-state index in [9.17, 15) is 0 Å². The second kappa shape index (κ2) is 9.67. The summed E-state index contributed by atoms with van der Waals surface area (Å²) < 4.78 is 39.1. The van der Waals surface area contributed by atoms with Crippen molar-refractivity contribution in [2.75, 3.05) is 31.1 Å². The molecule has 6 fully saturated rings. The third-order valence-corrected chi connectivity index (χ3v) is 13.6. The van der Waals surface area contributed by atoms with Crippen LogP contribution in [0.2, 0.25) is 0 Å². The topological polar surface area (TPSA) is 66.4 Å². The summed E-state index contributed by atoms with van der Waals surface area (Å²) in [6.07, 6.45) is 16.3. The molecule has 250 valence electrons. The molecule has 0 amide bonds. The first-order chi connectivity index (χ1) is 23.8. The monoisotopic (exact) mass is 658 g/mol. The first-order valence-corrected chi connectivity index (χ1v) is 18.3. The molecule has 4 aromatic rings. The number of hydrogen-bond acceptors (Lipinski definition) is 7. The van der Waals surface area contributed by atoms with Gasteiger partial charge in [0.15, 0.2) is 5.82 Å². The van der Waals surface area contributed by atoms with Crippen molar-refractivity contribution in [3.8, 4) is 29.6 Å². The molecule has 0 radical (unpaired) electrons. The van der Waals surface area contributed by atoms with Gasteiger partial charge >= 0.3 is 6.01 Å². The van der Waals surface area contributed by atoms with Crippen molar-refractivity contribution < 1.29 is 13.5 Å². The maximum atomic E-state index is 17.3. The van der Waals surface area contributed by atoms with E-state index < -0.39 is 11.6 Å². The Bertz CT molecular complexity index is 2130. The molecule has 4 atom stereocenters. The van der Waals surface area contributed by atoms with Gasteiger partial charge in [-0.05, 0) is 86.0 Å². The molecule has 2 saturated carbocycles. The molecule has 1 N–H and O–H groups in total. The van der Waals surface area contributed by atoms with E-state index in [1.54, 1.807) is 12.1 Å². The molecule has 2 aliphatic carbocycles. The summed E-state index contributed by atoms with van der Waals surface area (Å²) in [5, 5.41) is 5.74. The molecule has 9 heteroatoms. The second-order valence-corrected chi connectivity index (χ2v) is 16.8. The van der Waals surface area contributed by atoms with Crippen LogP contribution in [0.4, 0.5) is 14.6 Å². The van der Waals surface area contributed by atoms with Crippen molar-refractivity contribution in [2.45, 2.75) is 88.4 Å². The molecule has 2 bridgehead atoms. The number of pyridine rings is 1. The molecule has 5 aliphatic heterocycles. The molecule has 7 heterocycles. The van der Waals surface area contributed by atoms with Crippen LogP contribution in [0.25, 0.3) is 32.9 Å². The first-order valence-electron chi connectivity index (χ1n) is 18.3. The first kappa shape index (κ1) is 28.9. The van der Waals surface area contributed by atoms with E-state index in [1.165, 1.54) is 57.7 Å². The van der Waals surface area contributed by atoms with Crippen LogP contribution in [0.15, 0.2) is 30.3 Å². The predicted molar refractivity (Wildman–Crippen MR) is 184 cm³/mol. The van der Waals surface area contributed by atoms with Gasteiger partial charge in [-0.25, -0.2) is 13.8 Å². The molecule has 2 aromatic heterocycles. The van der Waals surface area contributed by atoms with Gasteiger partial charge in [0.05, 0.1) is 22.2 Å². The lowest BCUT2D eigenvalue weighted by Crippen LogP contribution is -2.60. The van der Waals surface area contributed by atoms with Crippen LogP contribution in [-0.2, 0) is 6.42 Å². The number of rotatable bonds is 4. The Kier molecular flexibility index (Phi) is 5.71. The van der Waals surface area contributed by atoms with Crippen molar-refractivity contribution in [3.05, 3.63) is 53.2 Å². The van der Waals surface area contributed by atoms with Gasteiger partial charge in [0.1, 0.15) is 29.5 Å². The Hall–Kier alpha value is -3.87. The molecular formula is C40H40F2N6O. The normalized spacial score (nSPS) is 29.3. The van der Waals surface area contributed by atoms with Crippen molar-refractivity contribution in [1.82, 2.24) is 25.2 Å². The number of halogens is 2. The lowest BCUT2D eigenvalue weighted by atomic mass is 9.85. The average Bonchev–Trinajstić information content (AvgIpc) is 3.95. The molecule has 2 aromatic carbocycles. The Balaban J connectivity index is 1.09. The van der Waals surface area contributed by atoms with Crippen LogP contribution >= 0.6 is 0 Å². The van der Waals surface area contributed by atoms with Gasteiger partial charge in [-0.15, -0.1) is 6.42 Å². The summed E-state index contributed by atoms with van der Waals surface area (Å²) in [7, 11) is 0. The SMILES string of the molecule is C#Cc1c(F)ccc2cccc(-c3nc4c5c(nc(OCC67CC8(CC8)CN6CC6(CC6)C7)nc5c3F)N3C[C@H]5CC[C@H](N5)[C@@H]3[C@@H](C)C4)c12. The molecule has 2 spiro atoms. The van der Waals surface area contributed by atoms with E-state index in [-0.39, 0.29) is 40.3 Å². The molecule has 4 saturated heterocycles. The lowest BCUT2D eigenvalue weighted by Gasteiger charge is -2.43. The highest BCUT2D eigenvalue weighted by Crippen LogP contribution is 2.67. The zero-order valence-electron chi connectivity index (χ0n) is 27.9. The Morgan fingerprint density at radius 3 is 2.55 bits per heavy atom. The largest absolute Gasteiger partial charge is 0.461 e. The van der Waals surface area contributed by atoms with Gasteiger partial charge in [0, 0.05) is 48.7 Å². The Labute approximate surface area is 284 Å². The van der Waals surface area contributed by atoms with Crippen LogP contribution in [0.1, 0.15) is 69.5 Å². The van der Waals surface area contributed by atoms with Crippen molar-refractivity contribution >= 4 is 27.5 Å². The molecule has 49 heavy (non-hydrogen) atoms. The number of anilines is 1. The Morgan fingerprint density at radius 1 is 1.00 bits per heavy atom. The van der Waals surface area contributed by atoms with E-state index in [2.05, 4.69) is 28.0 Å². The van der Waals surface area contributed by atoms with Crippen LogP contribution in [0, 0.1) is 40.7 Å². The highest BCUT2D eigenvalue weighted by Gasteiger charge is 2.67. The maximum absolute atomic E-state index is 17.3. The quantitative estimate of drug-likeness (QED) is 0.255. The number of nitrogens with one attached hydrogen (secondary N) is 1. The minimum atomic E-state index is -0.549. The zero-order chi connectivity index (χ0) is 32.9. The van der Waals surface area contributed by atoms with Gasteiger partial charge in [-0.3, -0.25) is 4.90 Å². The predicted octanol–water partition coefficient (Wildman–Crippen LogP) is 6.39. The second-order valence-electron chi connectivity index (χ2n) is 16.8. The standard InChI is InChI=1S/C40H40F2N6O/c1-3-25-27(41)9-7-23-5-4-6-26(30(23)25)33-32(42)34-31-29(44-33)15-22(2)35-28-10-8-24(43-28)16-48(35)36(31)46-37(45-34)49-21-40-17-38(11-12-38)19-47(40)20-39(18-40)13-14-39/h1,4-7,9,22,24,28,35,43H,8,10-21H2,2H3/t22-,24+,28-,35-/m0/s1. The highest BCUT2D eigenvalue weighted by atomic mass is 19.1. The summed E-state index contributed by atoms with van der Waals surface area (Å²) in [6.45, 7) is 5.93. The number of piperazine rings is 1. The van der Waals surface area contributed by atoms with Crippen LogP contribution in [0.5, 0.6) is 6.01 Å². The van der Waals surface area contributed by atoms with Crippen molar-refractivity contribution in [2.24, 2.45) is 16.7 Å². The molecular weight excluding hydrogens is 618 g/mol. The Morgan fingerprint density at radius 2 is 1.80 bits per heavy atom. The third kappa shape index (κ3) is 4.11. The van der Waals surface area contributed by atoms with E-state index in [0.717, 1.165) is 36.3 Å². The zero-order valence-corrected chi connectivity index (χ0v) is 27.9. The van der Waals surface area contributed by atoms with E-state index in [1.807, 2.05) is 12.1 Å². The fourth-order valence-electron chi connectivity index (χ4n) is 11.1. The number of fused-ring (bicyclic) bond motifs is 7. The summed E-state index contributed by atoms with van der Waals surface area (Å²) >= 11 is 0. The fraction of sp³-hybridized carbons (Fsp3) is 0.525. The van der Waals surface area contributed by atoms with Crippen LogP contribution in [-0.4, -0.2) is 69.8 Å². The van der Waals surface area contributed by atoms with Gasteiger partial charge in [0.25, 0.3) is 0 Å². The van der Waals surface area contributed by atoms with Crippen LogP contribution < -0.4 is 15.0 Å². The molecule has 0 unspecified atom stereocenters. The average molecular weight is 659 g/mol. The minimum Gasteiger partial charge on any atom is -0.461 e. The van der Waals surface area contributed by atoms with Gasteiger partial charge in [-0.2, -0.15) is 9.97 Å². The molecule has 7 aliphatic rings. The number of ether oxygens (including phenoxy) is 1. The summed E-state index contributed by atoms with van der Waals surface area (Å²) in [6, 6.07) is 9.67. The number of hydrogen-bond donors (Lipinski definition) is 1. The van der Waals surface area contributed by atoms with Gasteiger partial charge < -0.3 is 15.0 Å². The highest BCUT2D eigenvalue weighted by molar-refractivity contribution is 6.02. The maximum Gasteiger partial charge on any atom is 0.319 e. The third-order valence-electron chi connectivity index (χ3n) is 13.6.